The van der Waals surface area contributed by atoms with E-state index in [4.69, 9.17) is 0 Å². The molecule has 0 fully saturated rings. The first-order chi connectivity index (χ1) is 15.6. The summed E-state index contributed by atoms with van der Waals surface area (Å²) in [4.78, 5) is 27.9. The van der Waals surface area contributed by atoms with E-state index >= 15 is 0 Å². The Morgan fingerprint density at radius 3 is 2.16 bits per heavy atom. The number of hydrogen-bond acceptors (Lipinski definition) is 3. The SMILES string of the molecule is CCN(CC)C(=O)c1cnn(-c2ccccc2)c1NC(=O)c1ccc(-n2cccc2)cc1. The summed E-state index contributed by atoms with van der Waals surface area (Å²) in [5.41, 5.74) is 2.56. The fourth-order valence-corrected chi connectivity index (χ4v) is 3.54. The van der Waals surface area contributed by atoms with Crippen LogP contribution in [-0.2, 0) is 0 Å². The number of para-hydroxylation sites is 1. The van der Waals surface area contributed by atoms with Crippen molar-refractivity contribution in [1.82, 2.24) is 19.2 Å². The van der Waals surface area contributed by atoms with Gasteiger partial charge in [-0.2, -0.15) is 5.10 Å². The van der Waals surface area contributed by atoms with Crippen LogP contribution in [0.2, 0.25) is 0 Å². The molecule has 0 unspecified atom stereocenters. The van der Waals surface area contributed by atoms with Crippen LogP contribution in [0, 0.1) is 0 Å². The van der Waals surface area contributed by atoms with Crippen molar-refractivity contribution in [3.63, 3.8) is 0 Å². The second kappa shape index (κ2) is 9.34. The molecule has 1 N–H and O–H groups in total. The van der Waals surface area contributed by atoms with Gasteiger partial charge in [0.05, 0.1) is 11.9 Å². The molecule has 0 aliphatic heterocycles. The summed E-state index contributed by atoms with van der Waals surface area (Å²) in [6, 6.07) is 20.6. The number of carbonyl (C=O) groups is 2. The standard InChI is InChI=1S/C25H25N5O2/c1-3-28(4-2)25(32)22-18-26-30(21-10-6-5-7-11-21)23(22)27-24(31)19-12-14-20(15-13-19)29-16-8-9-17-29/h5-18H,3-4H2,1-2H3,(H,27,31). The predicted molar refractivity (Wildman–Crippen MR) is 125 cm³/mol. The Morgan fingerprint density at radius 2 is 1.53 bits per heavy atom. The Hall–Kier alpha value is -4.13. The van der Waals surface area contributed by atoms with Crippen LogP contribution >= 0.6 is 0 Å². The average molecular weight is 428 g/mol. The third-order valence-corrected chi connectivity index (χ3v) is 5.32. The third-order valence-electron chi connectivity index (χ3n) is 5.32. The van der Waals surface area contributed by atoms with Crippen LogP contribution in [0.5, 0.6) is 0 Å². The van der Waals surface area contributed by atoms with Gasteiger partial charge in [0, 0.05) is 36.7 Å². The van der Waals surface area contributed by atoms with E-state index < -0.39 is 0 Å². The number of benzene rings is 2. The summed E-state index contributed by atoms with van der Waals surface area (Å²) in [7, 11) is 0. The van der Waals surface area contributed by atoms with Crippen LogP contribution in [0.1, 0.15) is 34.6 Å². The fraction of sp³-hybridized carbons (Fsp3) is 0.160. The maximum atomic E-state index is 13.1. The fourth-order valence-electron chi connectivity index (χ4n) is 3.54. The van der Waals surface area contributed by atoms with Crippen molar-refractivity contribution in [2.75, 3.05) is 18.4 Å². The number of hydrogen-bond donors (Lipinski definition) is 1. The van der Waals surface area contributed by atoms with Gasteiger partial charge < -0.3 is 14.8 Å². The van der Waals surface area contributed by atoms with E-state index in [-0.39, 0.29) is 11.8 Å². The van der Waals surface area contributed by atoms with Gasteiger partial charge in [0.25, 0.3) is 11.8 Å². The van der Waals surface area contributed by atoms with Crippen molar-refractivity contribution < 1.29 is 9.59 Å². The van der Waals surface area contributed by atoms with E-state index in [9.17, 15) is 9.59 Å². The van der Waals surface area contributed by atoms with E-state index in [1.165, 1.54) is 6.20 Å². The van der Waals surface area contributed by atoms with Crippen molar-refractivity contribution in [1.29, 1.82) is 0 Å². The van der Waals surface area contributed by atoms with Gasteiger partial charge in [-0.1, -0.05) is 18.2 Å². The summed E-state index contributed by atoms with van der Waals surface area (Å²) in [6.45, 7) is 4.99. The van der Waals surface area contributed by atoms with E-state index in [0.717, 1.165) is 11.4 Å². The zero-order valence-corrected chi connectivity index (χ0v) is 18.1. The van der Waals surface area contributed by atoms with Gasteiger partial charge in [-0.05, 0) is 62.4 Å². The molecule has 4 aromatic rings. The van der Waals surface area contributed by atoms with Crippen LogP contribution in [0.3, 0.4) is 0 Å². The Kier molecular flexibility index (Phi) is 6.17. The van der Waals surface area contributed by atoms with E-state index in [2.05, 4.69) is 10.4 Å². The molecular weight excluding hydrogens is 402 g/mol. The highest BCUT2D eigenvalue weighted by Gasteiger charge is 2.23. The quantitative estimate of drug-likeness (QED) is 0.475. The molecule has 0 aliphatic rings. The molecular formula is C25H25N5O2. The number of carbonyl (C=O) groups excluding carboxylic acids is 2. The lowest BCUT2D eigenvalue weighted by atomic mass is 10.2. The molecule has 32 heavy (non-hydrogen) atoms. The third kappa shape index (κ3) is 4.18. The van der Waals surface area contributed by atoms with E-state index in [0.29, 0.717) is 30.0 Å². The number of rotatable bonds is 7. The summed E-state index contributed by atoms with van der Waals surface area (Å²) in [6.07, 6.45) is 5.40. The zero-order chi connectivity index (χ0) is 22.5. The highest BCUT2D eigenvalue weighted by atomic mass is 16.2. The normalized spacial score (nSPS) is 10.7. The van der Waals surface area contributed by atoms with Crippen molar-refractivity contribution in [2.45, 2.75) is 13.8 Å². The smallest absolute Gasteiger partial charge is 0.259 e. The highest BCUT2D eigenvalue weighted by molar-refractivity contribution is 6.08. The maximum absolute atomic E-state index is 13.1. The van der Waals surface area contributed by atoms with Crippen molar-refractivity contribution in [3.05, 3.63) is 96.4 Å². The van der Waals surface area contributed by atoms with Crippen LogP contribution in [0.15, 0.2) is 85.3 Å². The molecule has 2 heterocycles. The van der Waals surface area contributed by atoms with Gasteiger partial charge in [0.2, 0.25) is 0 Å². The van der Waals surface area contributed by atoms with E-state index in [1.807, 2.05) is 85.4 Å². The second-order valence-corrected chi connectivity index (χ2v) is 7.22. The molecule has 4 rings (SSSR count). The zero-order valence-electron chi connectivity index (χ0n) is 18.1. The molecule has 2 amide bonds. The molecule has 2 aromatic heterocycles. The largest absolute Gasteiger partial charge is 0.339 e. The van der Waals surface area contributed by atoms with Gasteiger partial charge in [0.1, 0.15) is 11.4 Å². The molecule has 0 aliphatic carbocycles. The maximum Gasteiger partial charge on any atom is 0.259 e. The molecule has 0 radical (unpaired) electrons. The van der Waals surface area contributed by atoms with Crippen molar-refractivity contribution >= 4 is 17.6 Å². The number of aromatic nitrogens is 3. The molecule has 162 valence electrons. The number of nitrogens with one attached hydrogen (secondary N) is 1. The lowest BCUT2D eigenvalue weighted by molar-refractivity contribution is 0.0774. The number of nitrogens with zero attached hydrogens (tertiary/aromatic N) is 4. The van der Waals surface area contributed by atoms with E-state index in [1.54, 1.807) is 21.7 Å². The molecule has 2 aromatic carbocycles. The minimum absolute atomic E-state index is 0.171. The number of amides is 2. The highest BCUT2D eigenvalue weighted by Crippen LogP contribution is 2.23. The van der Waals surface area contributed by atoms with Gasteiger partial charge in [-0.3, -0.25) is 9.59 Å². The Bertz CT molecular complexity index is 1190. The lowest BCUT2D eigenvalue weighted by Crippen LogP contribution is -2.31. The molecule has 0 saturated carbocycles. The summed E-state index contributed by atoms with van der Waals surface area (Å²) >= 11 is 0. The molecule has 0 spiro atoms. The van der Waals surface area contributed by atoms with Gasteiger partial charge in [-0.15, -0.1) is 0 Å². The van der Waals surface area contributed by atoms with Crippen LogP contribution in [-0.4, -0.2) is 44.2 Å². The summed E-state index contributed by atoms with van der Waals surface area (Å²) in [5, 5.41) is 7.32. The molecule has 7 nitrogen and oxygen atoms in total. The topological polar surface area (TPSA) is 72.2 Å². The van der Waals surface area contributed by atoms with Crippen LogP contribution < -0.4 is 5.32 Å². The number of anilines is 1. The molecule has 0 atom stereocenters. The minimum Gasteiger partial charge on any atom is -0.339 e. The summed E-state index contributed by atoms with van der Waals surface area (Å²) < 4.78 is 3.55. The summed E-state index contributed by atoms with van der Waals surface area (Å²) in [5.74, 6) is -0.127. The van der Waals surface area contributed by atoms with Crippen molar-refractivity contribution in [3.8, 4) is 11.4 Å². The van der Waals surface area contributed by atoms with Crippen LogP contribution in [0.25, 0.3) is 11.4 Å². The molecule has 7 heteroatoms. The van der Waals surface area contributed by atoms with Gasteiger partial charge in [0.15, 0.2) is 0 Å². The molecule has 0 saturated heterocycles. The Morgan fingerprint density at radius 1 is 0.875 bits per heavy atom. The second-order valence-electron chi connectivity index (χ2n) is 7.22. The van der Waals surface area contributed by atoms with Crippen LogP contribution in [0.4, 0.5) is 5.82 Å². The first-order valence-electron chi connectivity index (χ1n) is 10.6. The predicted octanol–water partition coefficient (Wildman–Crippen LogP) is 4.40. The lowest BCUT2D eigenvalue weighted by Gasteiger charge is -2.19. The first kappa shape index (κ1) is 21.1. The van der Waals surface area contributed by atoms with Gasteiger partial charge >= 0.3 is 0 Å². The monoisotopic (exact) mass is 427 g/mol. The Labute approximate surface area is 186 Å². The van der Waals surface area contributed by atoms with Crippen molar-refractivity contribution in [2.24, 2.45) is 0 Å². The average Bonchev–Trinajstić information content (AvgIpc) is 3.51. The Balaban J connectivity index is 1.67. The van der Waals surface area contributed by atoms with Gasteiger partial charge in [-0.25, -0.2) is 4.68 Å². The molecule has 0 bridgehead atoms. The minimum atomic E-state index is -0.310. The first-order valence-corrected chi connectivity index (χ1v) is 10.6.